The number of halogens is 2. The van der Waals surface area contributed by atoms with E-state index in [-0.39, 0.29) is 16.4 Å². The molecule has 0 fully saturated rings. The zero-order valence-corrected chi connectivity index (χ0v) is 15.5. The first-order valence-corrected chi connectivity index (χ1v) is 8.35. The van der Waals surface area contributed by atoms with Gasteiger partial charge in [-0.05, 0) is 25.1 Å². The zero-order chi connectivity index (χ0) is 20.0. The van der Waals surface area contributed by atoms with Gasteiger partial charge in [-0.3, -0.25) is 14.9 Å². The molecular formula is C17H14Cl2N2O6. The average molecular weight is 413 g/mol. The number of nitro groups is 1. The van der Waals surface area contributed by atoms with Crippen molar-refractivity contribution in [1.29, 1.82) is 0 Å². The maximum Gasteiger partial charge on any atom is 0.344 e. The zero-order valence-electron chi connectivity index (χ0n) is 14.0. The molecule has 0 aliphatic rings. The predicted molar refractivity (Wildman–Crippen MR) is 99.2 cm³/mol. The number of esters is 1. The fourth-order valence-electron chi connectivity index (χ4n) is 1.94. The van der Waals surface area contributed by atoms with Crippen LogP contribution in [-0.2, 0) is 14.3 Å². The Morgan fingerprint density at radius 1 is 1.19 bits per heavy atom. The van der Waals surface area contributed by atoms with Gasteiger partial charge in [0.05, 0.1) is 20.7 Å². The third-order valence-electron chi connectivity index (χ3n) is 3.28. The summed E-state index contributed by atoms with van der Waals surface area (Å²) in [5.74, 6) is -1.12. The first-order chi connectivity index (χ1) is 12.8. The molecule has 0 heterocycles. The lowest BCUT2D eigenvalue weighted by molar-refractivity contribution is -0.384. The average Bonchev–Trinajstić information content (AvgIpc) is 2.62. The molecule has 0 bridgehead atoms. The molecule has 1 N–H and O–H groups in total. The number of carbonyl (C=O) groups excluding carboxylic acids is 2. The van der Waals surface area contributed by atoms with Crippen LogP contribution in [0.5, 0.6) is 5.75 Å². The Bertz CT molecular complexity index is 874. The van der Waals surface area contributed by atoms with Crippen LogP contribution in [-0.4, -0.2) is 29.5 Å². The first kappa shape index (κ1) is 20.5. The van der Waals surface area contributed by atoms with Crippen molar-refractivity contribution in [2.75, 3.05) is 11.9 Å². The summed E-state index contributed by atoms with van der Waals surface area (Å²) in [6, 6.07) is 10.2. The SMILES string of the molecule is CC(OC(=O)COc1ccccc1Cl)C(=O)Nc1ccc([N+](=O)[O-])cc1Cl. The van der Waals surface area contributed by atoms with Gasteiger partial charge in [-0.1, -0.05) is 35.3 Å². The van der Waals surface area contributed by atoms with E-state index in [0.29, 0.717) is 10.8 Å². The van der Waals surface area contributed by atoms with E-state index >= 15 is 0 Å². The van der Waals surface area contributed by atoms with Crippen LogP contribution in [0.3, 0.4) is 0 Å². The number of carbonyl (C=O) groups is 2. The van der Waals surface area contributed by atoms with Crippen molar-refractivity contribution in [2.45, 2.75) is 13.0 Å². The van der Waals surface area contributed by atoms with Gasteiger partial charge in [0.25, 0.3) is 11.6 Å². The standard InChI is InChI=1S/C17H14Cl2N2O6/c1-10(27-16(22)9-26-15-5-3-2-4-12(15)18)17(23)20-14-7-6-11(21(24)25)8-13(14)19/h2-8,10H,9H2,1H3,(H,20,23). The van der Waals surface area contributed by atoms with Crippen molar-refractivity contribution < 1.29 is 24.0 Å². The number of hydrogen-bond donors (Lipinski definition) is 1. The van der Waals surface area contributed by atoms with Crippen molar-refractivity contribution in [1.82, 2.24) is 0 Å². The lowest BCUT2D eigenvalue weighted by Gasteiger charge is -2.14. The number of nitrogens with zero attached hydrogens (tertiary/aromatic N) is 1. The third-order valence-corrected chi connectivity index (χ3v) is 3.91. The second-order valence-electron chi connectivity index (χ2n) is 5.26. The van der Waals surface area contributed by atoms with Gasteiger partial charge in [0.15, 0.2) is 12.7 Å². The van der Waals surface area contributed by atoms with E-state index in [0.717, 1.165) is 6.07 Å². The van der Waals surface area contributed by atoms with E-state index in [2.05, 4.69) is 5.32 Å². The van der Waals surface area contributed by atoms with Crippen LogP contribution < -0.4 is 10.1 Å². The Hall–Kier alpha value is -2.84. The normalized spacial score (nSPS) is 11.4. The number of nitro benzene ring substituents is 1. The number of non-ortho nitro benzene ring substituents is 1. The Balaban J connectivity index is 1.88. The highest BCUT2D eigenvalue weighted by Gasteiger charge is 2.20. The van der Waals surface area contributed by atoms with Crippen LogP contribution in [0.2, 0.25) is 10.0 Å². The molecule has 0 saturated carbocycles. The minimum atomic E-state index is -1.14. The van der Waals surface area contributed by atoms with Crippen LogP contribution in [0.25, 0.3) is 0 Å². The number of ether oxygens (including phenoxy) is 2. The predicted octanol–water partition coefficient (Wildman–Crippen LogP) is 3.85. The minimum absolute atomic E-state index is 0.0156. The number of para-hydroxylation sites is 1. The monoisotopic (exact) mass is 412 g/mol. The number of nitrogens with one attached hydrogen (secondary N) is 1. The van der Waals surface area contributed by atoms with E-state index in [9.17, 15) is 19.7 Å². The number of rotatable bonds is 7. The summed E-state index contributed by atoms with van der Waals surface area (Å²) in [5, 5.41) is 13.4. The lowest BCUT2D eigenvalue weighted by Crippen LogP contribution is -2.31. The van der Waals surface area contributed by atoms with Crippen molar-refractivity contribution in [3.63, 3.8) is 0 Å². The van der Waals surface area contributed by atoms with E-state index < -0.39 is 29.5 Å². The van der Waals surface area contributed by atoms with Gasteiger partial charge >= 0.3 is 5.97 Å². The van der Waals surface area contributed by atoms with Gasteiger partial charge in [-0.15, -0.1) is 0 Å². The second kappa shape index (κ2) is 9.20. The van der Waals surface area contributed by atoms with Crippen LogP contribution >= 0.6 is 23.2 Å². The van der Waals surface area contributed by atoms with E-state index in [1.165, 1.54) is 19.1 Å². The van der Waals surface area contributed by atoms with Crippen LogP contribution in [0.1, 0.15) is 6.92 Å². The fraction of sp³-hybridized carbons (Fsp3) is 0.176. The number of anilines is 1. The summed E-state index contributed by atoms with van der Waals surface area (Å²) in [6.45, 7) is 0.932. The molecule has 2 rings (SSSR count). The topological polar surface area (TPSA) is 108 Å². The Morgan fingerprint density at radius 2 is 1.89 bits per heavy atom. The maximum atomic E-state index is 12.1. The molecule has 1 amide bonds. The van der Waals surface area contributed by atoms with Crippen LogP contribution in [0, 0.1) is 10.1 Å². The van der Waals surface area contributed by atoms with Crippen molar-refractivity contribution >= 4 is 46.5 Å². The molecule has 0 aliphatic carbocycles. The maximum absolute atomic E-state index is 12.1. The Morgan fingerprint density at radius 3 is 2.52 bits per heavy atom. The lowest BCUT2D eigenvalue weighted by atomic mass is 10.2. The molecule has 0 radical (unpaired) electrons. The molecule has 2 aromatic rings. The second-order valence-corrected chi connectivity index (χ2v) is 6.08. The molecule has 142 valence electrons. The molecule has 1 atom stereocenters. The molecule has 27 heavy (non-hydrogen) atoms. The smallest absolute Gasteiger partial charge is 0.344 e. The number of hydrogen-bond acceptors (Lipinski definition) is 6. The molecule has 0 aromatic heterocycles. The van der Waals surface area contributed by atoms with E-state index in [4.69, 9.17) is 32.7 Å². The molecule has 8 nitrogen and oxygen atoms in total. The molecule has 0 spiro atoms. The van der Waals surface area contributed by atoms with Crippen LogP contribution in [0.15, 0.2) is 42.5 Å². The van der Waals surface area contributed by atoms with Crippen molar-refractivity contribution in [2.24, 2.45) is 0 Å². The molecule has 10 heteroatoms. The highest BCUT2D eigenvalue weighted by molar-refractivity contribution is 6.34. The highest BCUT2D eigenvalue weighted by Crippen LogP contribution is 2.27. The summed E-state index contributed by atoms with van der Waals surface area (Å²) in [4.78, 5) is 34.0. The summed E-state index contributed by atoms with van der Waals surface area (Å²) in [6.07, 6.45) is -1.14. The van der Waals surface area contributed by atoms with Gasteiger partial charge in [0.1, 0.15) is 5.75 Å². The Labute approximate surface area is 164 Å². The van der Waals surface area contributed by atoms with E-state index in [1.54, 1.807) is 24.3 Å². The van der Waals surface area contributed by atoms with Gasteiger partial charge < -0.3 is 14.8 Å². The molecular weight excluding hydrogens is 399 g/mol. The summed E-state index contributed by atoms with van der Waals surface area (Å²) < 4.78 is 10.2. The molecule has 0 aliphatic heterocycles. The number of amides is 1. The van der Waals surface area contributed by atoms with E-state index in [1.807, 2.05) is 0 Å². The van der Waals surface area contributed by atoms with Gasteiger partial charge in [0.2, 0.25) is 0 Å². The Kier molecular flexibility index (Phi) is 6.98. The quantitative estimate of drug-likeness (QED) is 0.420. The summed E-state index contributed by atoms with van der Waals surface area (Å²) in [7, 11) is 0. The van der Waals surface area contributed by atoms with Gasteiger partial charge in [-0.25, -0.2) is 4.79 Å². The fourth-order valence-corrected chi connectivity index (χ4v) is 2.35. The molecule has 1 unspecified atom stereocenters. The third kappa shape index (κ3) is 5.83. The summed E-state index contributed by atoms with van der Waals surface area (Å²) in [5.41, 5.74) is -0.0586. The highest BCUT2D eigenvalue weighted by atomic mass is 35.5. The minimum Gasteiger partial charge on any atom is -0.480 e. The van der Waals surface area contributed by atoms with Crippen LogP contribution in [0.4, 0.5) is 11.4 Å². The van der Waals surface area contributed by atoms with Gasteiger partial charge in [0, 0.05) is 12.1 Å². The largest absolute Gasteiger partial charge is 0.480 e. The molecule has 0 saturated heterocycles. The van der Waals surface area contributed by atoms with Crippen molar-refractivity contribution in [3.8, 4) is 5.75 Å². The first-order valence-electron chi connectivity index (χ1n) is 7.59. The summed E-state index contributed by atoms with van der Waals surface area (Å²) >= 11 is 11.8. The molecule has 2 aromatic carbocycles. The number of benzene rings is 2. The van der Waals surface area contributed by atoms with Gasteiger partial charge in [-0.2, -0.15) is 0 Å². The van der Waals surface area contributed by atoms with Crippen molar-refractivity contribution in [3.05, 3.63) is 62.6 Å².